The van der Waals surface area contributed by atoms with Crippen LogP contribution in [0.15, 0.2) is 126 Å². The van der Waals surface area contributed by atoms with Crippen LogP contribution in [0.3, 0.4) is 0 Å². The molecular formula is C55H58F6N6O11. The Morgan fingerprint density at radius 3 is 2.09 bits per heavy atom. The van der Waals surface area contributed by atoms with Crippen molar-refractivity contribution in [1.29, 1.82) is 0 Å². The average Bonchev–Trinajstić information content (AvgIpc) is 3.39. The van der Waals surface area contributed by atoms with Crippen molar-refractivity contribution in [2.75, 3.05) is 43.4 Å². The van der Waals surface area contributed by atoms with Gasteiger partial charge in [0.05, 0.1) is 17.3 Å². The van der Waals surface area contributed by atoms with Gasteiger partial charge in [-0.25, -0.2) is 14.4 Å². The summed E-state index contributed by atoms with van der Waals surface area (Å²) in [5.41, 5.74) is 7.18. The SMILES string of the molecule is Cc1ccc(C(=O)NCc2cccc(CC(C)NC[C@H](O)c3ccc(O)c4[nH]c(=O)ccc34)c2)cc1N(C)C(=O)CCN1CCC(OC(=O)Nc2ccccc2-c2ccccc2)CC1.O=C(O)C(F)(F)F.O=C(O)C(F)(F)F. The highest BCUT2D eigenvalue weighted by Crippen LogP contribution is 2.30. The number of anilines is 2. The maximum Gasteiger partial charge on any atom is 0.490 e. The number of carbonyl (C=O) groups is 5. The van der Waals surface area contributed by atoms with E-state index >= 15 is 0 Å². The van der Waals surface area contributed by atoms with Crippen LogP contribution in [0, 0.1) is 6.92 Å². The largest absolute Gasteiger partial charge is 0.506 e. The van der Waals surface area contributed by atoms with Crippen LogP contribution in [0.4, 0.5) is 42.5 Å². The summed E-state index contributed by atoms with van der Waals surface area (Å²) in [6.07, 6.45) is -9.40. The molecular weight excluding hydrogens is 1030 g/mol. The number of carbonyl (C=O) groups excluding carboxylic acids is 3. The number of H-pyrrole nitrogens is 1. The Bertz CT molecular complexity index is 3070. The number of aromatic hydroxyl groups is 1. The summed E-state index contributed by atoms with van der Waals surface area (Å²) in [6.45, 7) is 6.51. The van der Waals surface area contributed by atoms with Gasteiger partial charge in [0.15, 0.2) is 0 Å². The Morgan fingerprint density at radius 1 is 0.808 bits per heavy atom. The lowest BCUT2D eigenvalue weighted by Gasteiger charge is -2.32. The number of aliphatic hydroxyl groups is 1. The number of para-hydroxylation sites is 1. The predicted octanol–water partition coefficient (Wildman–Crippen LogP) is 8.73. The summed E-state index contributed by atoms with van der Waals surface area (Å²) in [7, 11) is 1.74. The van der Waals surface area contributed by atoms with Gasteiger partial charge in [-0.2, -0.15) is 26.3 Å². The lowest BCUT2D eigenvalue weighted by molar-refractivity contribution is -0.193. The van der Waals surface area contributed by atoms with E-state index in [2.05, 4.69) is 25.8 Å². The first kappa shape index (κ1) is 60.6. The van der Waals surface area contributed by atoms with Crippen molar-refractivity contribution in [2.24, 2.45) is 0 Å². The number of aromatic amines is 1. The zero-order valence-electron chi connectivity index (χ0n) is 42.5. The highest BCUT2D eigenvalue weighted by molar-refractivity contribution is 5.98. The van der Waals surface area contributed by atoms with Gasteiger partial charge >= 0.3 is 30.4 Å². The molecule has 7 rings (SSSR count). The van der Waals surface area contributed by atoms with E-state index in [1.165, 1.54) is 12.1 Å². The van der Waals surface area contributed by atoms with E-state index < -0.39 is 36.5 Å². The molecule has 1 aliphatic rings. The first-order valence-electron chi connectivity index (χ1n) is 24.2. The standard InChI is InChI=1S/C51H56N6O7.2C2HF3O2/c1-33-16-17-38(50(62)53-31-36-11-9-10-35(29-36)28-34(2)52-32-46(59)41-18-20-45(58)49-42(41)19-21-47(60)55-49)30-44(33)56(3)48(61)24-27-57-25-22-39(23-26-57)64-51(63)54-43-15-8-7-14-40(43)37-12-5-4-6-13-37;2*3-2(4,5)1(6)7/h4-21,29-30,34,39,46,52,58-59H,22-28,31-32H2,1-3H3,(H,53,62)(H,54,63)(H,55,60);2*(H,6,7)/t34?,46-;;/m0../s1. The molecule has 8 N–H and O–H groups in total. The second-order valence-electron chi connectivity index (χ2n) is 18.1. The number of pyridine rings is 1. The molecule has 0 spiro atoms. The number of phenols is 1. The van der Waals surface area contributed by atoms with Crippen LogP contribution in [0.25, 0.3) is 22.0 Å². The zero-order valence-corrected chi connectivity index (χ0v) is 42.5. The molecule has 0 radical (unpaired) electrons. The zero-order chi connectivity index (χ0) is 57.3. The fourth-order valence-corrected chi connectivity index (χ4v) is 8.22. The Morgan fingerprint density at radius 2 is 1.44 bits per heavy atom. The van der Waals surface area contributed by atoms with Crippen LogP contribution in [-0.2, 0) is 32.1 Å². The quantitative estimate of drug-likeness (QED) is 0.0423. The van der Waals surface area contributed by atoms with E-state index in [0.717, 1.165) is 27.8 Å². The number of rotatable bonds is 16. The van der Waals surface area contributed by atoms with E-state index in [-0.39, 0.29) is 41.8 Å². The number of fused-ring (bicyclic) bond motifs is 1. The van der Waals surface area contributed by atoms with Crippen molar-refractivity contribution < 1.29 is 75.5 Å². The number of aliphatic carboxylic acids is 2. The first-order chi connectivity index (χ1) is 36.8. The summed E-state index contributed by atoms with van der Waals surface area (Å²) in [4.78, 5) is 75.7. The molecule has 1 aromatic heterocycles. The van der Waals surface area contributed by atoms with Gasteiger partial charge in [-0.1, -0.05) is 84.9 Å². The van der Waals surface area contributed by atoms with Gasteiger partial charge in [0.25, 0.3) is 5.91 Å². The summed E-state index contributed by atoms with van der Waals surface area (Å²) < 4.78 is 69.3. The van der Waals surface area contributed by atoms with Crippen molar-refractivity contribution in [3.05, 3.63) is 159 Å². The number of phenolic OH excluding ortho intramolecular Hbond substituents is 1. The van der Waals surface area contributed by atoms with Crippen molar-refractivity contribution in [3.63, 3.8) is 0 Å². The Balaban J connectivity index is 0.000000706. The molecule has 1 unspecified atom stereocenters. The smallest absolute Gasteiger partial charge is 0.490 e. The first-order valence-corrected chi connectivity index (χ1v) is 24.2. The average molecular weight is 1090 g/mol. The molecule has 3 amide bonds. The summed E-state index contributed by atoms with van der Waals surface area (Å²) >= 11 is 0. The van der Waals surface area contributed by atoms with Gasteiger partial charge in [0, 0.05) is 80.5 Å². The Kier molecular flexibility index (Phi) is 21.5. The number of aryl methyl sites for hydroxylation is 1. The number of carboxylic acids is 2. The lowest BCUT2D eigenvalue weighted by atomic mass is 10.0. The third-order valence-corrected chi connectivity index (χ3v) is 12.3. The number of aromatic nitrogens is 1. The van der Waals surface area contributed by atoms with Crippen molar-refractivity contribution in [2.45, 2.75) is 76.7 Å². The van der Waals surface area contributed by atoms with E-state index in [9.17, 15) is 55.7 Å². The van der Waals surface area contributed by atoms with Gasteiger partial charge in [0.1, 0.15) is 11.9 Å². The molecule has 0 saturated carbocycles. The number of aliphatic hydroxyl groups excluding tert-OH is 1. The molecule has 23 heteroatoms. The Labute approximate surface area is 443 Å². The minimum absolute atomic E-state index is 0.00951. The number of nitrogens with one attached hydrogen (secondary N) is 4. The van der Waals surface area contributed by atoms with Gasteiger partial charge in [-0.15, -0.1) is 0 Å². The minimum atomic E-state index is -5.08. The Hall–Kier alpha value is -8.28. The number of piperidine rings is 1. The number of halogens is 6. The number of amides is 3. The number of hydrogen-bond acceptors (Lipinski definition) is 11. The van der Waals surface area contributed by atoms with Crippen LogP contribution < -0.4 is 26.4 Å². The van der Waals surface area contributed by atoms with E-state index in [1.54, 1.807) is 36.2 Å². The van der Waals surface area contributed by atoms with E-state index in [4.69, 9.17) is 24.5 Å². The fourth-order valence-electron chi connectivity index (χ4n) is 8.22. The van der Waals surface area contributed by atoms with Gasteiger partial charge in [-0.05, 0) is 91.3 Å². The second-order valence-corrected chi connectivity index (χ2v) is 18.1. The van der Waals surface area contributed by atoms with Crippen molar-refractivity contribution in [3.8, 4) is 16.9 Å². The minimum Gasteiger partial charge on any atom is -0.506 e. The predicted molar refractivity (Wildman–Crippen MR) is 278 cm³/mol. The fraction of sp³-hybridized carbons (Fsp3) is 0.309. The molecule has 78 heavy (non-hydrogen) atoms. The van der Waals surface area contributed by atoms with Crippen molar-refractivity contribution in [1.82, 2.24) is 20.5 Å². The molecule has 0 bridgehead atoms. The number of alkyl halides is 6. The van der Waals surface area contributed by atoms with Crippen LogP contribution >= 0.6 is 0 Å². The number of hydrogen-bond donors (Lipinski definition) is 8. The molecule has 2 heterocycles. The lowest BCUT2D eigenvalue weighted by Crippen LogP contribution is -2.40. The second kappa shape index (κ2) is 27.7. The van der Waals surface area contributed by atoms with E-state index in [0.29, 0.717) is 85.3 Å². The highest BCUT2D eigenvalue weighted by Gasteiger charge is 2.39. The van der Waals surface area contributed by atoms with Gasteiger partial charge in [0.2, 0.25) is 11.5 Å². The monoisotopic (exact) mass is 1090 g/mol. The number of ether oxygens (including phenoxy) is 1. The molecule has 1 saturated heterocycles. The topological polar surface area (TPSA) is 251 Å². The molecule has 416 valence electrons. The molecule has 2 atom stereocenters. The summed E-state index contributed by atoms with van der Waals surface area (Å²) in [5, 5.41) is 45.3. The van der Waals surface area contributed by atoms with E-state index in [1.807, 2.05) is 98.8 Å². The summed E-state index contributed by atoms with van der Waals surface area (Å²) in [6, 6.07) is 37.0. The van der Waals surface area contributed by atoms with Crippen molar-refractivity contribution >= 4 is 52.1 Å². The van der Waals surface area contributed by atoms with Crippen LogP contribution in [0.1, 0.15) is 64.9 Å². The molecule has 1 fully saturated rings. The number of nitrogens with zero attached hydrogens (tertiary/aromatic N) is 2. The maximum absolute atomic E-state index is 13.4. The molecule has 5 aromatic carbocycles. The highest BCUT2D eigenvalue weighted by atomic mass is 19.4. The maximum atomic E-state index is 13.4. The normalized spacial score (nSPS) is 13.6. The third-order valence-electron chi connectivity index (χ3n) is 12.3. The molecule has 1 aliphatic heterocycles. The number of likely N-dealkylation sites (tertiary alicyclic amines) is 1. The molecule has 17 nitrogen and oxygen atoms in total. The van der Waals surface area contributed by atoms with Crippen LogP contribution in [-0.4, -0.2) is 118 Å². The molecule has 0 aliphatic carbocycles. The number of carboxylic acid groups (broad SMARTS) is 2. The molecule has 6 aromatic rings. The van der Waals surface area contributed by atoms with Gasteiger partial charge in [-0.3, -0.25) is 19.7 Å². The van der Waals surface area contributed by atoms with Gasteiger partial charge < -0.3 is 50.6 Å². The third kappa shape index (κ3) is 18.2. The van der Waals surface area contributed by atoms with Crippen LogP contribution in [0.2, 0.25) is 0 Å². The number of benzene rings is 5. The van der Waals surface area contributed by atoms with Crippen LogP contribution in [0.5, 0.6) is 5.75 Å². The summed E-state index contributed by atoms with van der Waals surface area (Å²) in [5.74, 6) is -5.88.